The molecule has 0 spiro atoms. The number of imidazole rings is 1. The minimum absolute atomic E-state index is 0.182. The summed E-state index contributed by atoms with van der Waals surface area (Å²) in [7, 11) is 3.43. The Morgan fingerprint density at radius 2 is 2.03 bits per heavy atom. The van der Waals surface area contributed by atoms with Crippen molar-refractivity contribution in [2.24, 2.45) is 7.05 Å². The zero-order chi connectivity index (χ0) is 20.7. The number of amides is 1. The molecule has 0 fully saturated rings. The van der Waals surface area contributed by atoms with Gasteiger partial charge in [-0.05, 0) is 37.1 Å². The lowest BCUT2D eigenvalue weighted by Gasteiger charge is -2.11. The zero-order valence-corrected chi connectivity index (χ0v) is 17.1. The average molecular weight is 401 g/mol. The number of anilines is 1. The highest BCUT2D eigenvalue weighted by molar-refractivity contribution is 6.08. The van der Waals surface area contributed by atoms with E-state index < -0.39 is 0 Å². The highest BCUT2D eigenvalue weighted by atomic mass is 16.5. The van der Waals surface area contributed by atoms with Crippen molar-refractivity contribution in [3.8, 4) is 17.1 Å². The SMILES string of the molecule is COc1c2ccc(C(=O)Nc3ccccc3-c3cn4c(n3)CCCC4)cc2nn1C. The van der Waals surface area contributed by atoms with Gasteiger partial charge in [0.2, 0.25) is 5.88 Å². The maximum absolute atomic E-state index is 13.0. The molecule has 0 bridgehead atoms. The van der Waals surface area contributed by atoms with Gasteiger partial charge < -0.3 is 14.6 Å². The van der Waals surface area contributed by atoms with Crippen LogP contribution >= 0.6 is 0 Å². The van der Waals surface area contributed by atoms with Crippen LogP contribution in [0.15, 0.2) is 48.7 Å². The number of para-hydroxylation sites is 1. The van der Waals surface area contributed by atoms with E-state index >= 15 is 0 Å². The monoisotopic (exact) mass is 401 g/mol. The third kappa shape index (κ3) is 3.12. The smallest absolute Gasteiger partial charge is 0.255 e. The Kier molecular flexibility index (Phi) is 4.50. The van der Waals surface area contributed by atoms with Gasteiger partial charge in [0, 0.05) is 37.3 Å². The summed E-state index contributed by atoms with van der Waals surface area (Å²) >= 11 is 0. The standard InChI is InChI=1S/C23H23N5O2/c1-27-23(30-2)17-11-10-15(13-19(17)26-27)22(29)25-18-8-4-3-7-16(18)20-14-28-12-6-5-9-21(28)24-20/h3-4,7-8,10-11,13-14H,5-6,9,12H2,1-2H3,(H,25,29). The topological polar surface area (TPSA) is 74.0 Å². The third-order valence-electron chi connectivity index (χ3n) is 5.60. The zero-order valence-electron chi connectivity index (χ0n) is 17.1. The molecule has 3 heterocycles. The number of aromatic nitrogens is 4. The number of rotatable bonds is 4. The molecular weight excluding hydrogens is 378 g/mol. The van der Waals surface area contributed by atoms with Gasteiger partial charge in [0.25, 0.3) is 5.91 Å². The number of nitrogens with zero attached hydrogens (tertiary/aromatic N) is 4. The second-order valence-corrected chi connectivity index (χ2v) is 7.56. The van der Waals surface area contributed by atoms with Crippen molar-refractivity contribution in [3.63, 3.8) is 0 Å². The number of ether oxygens (including phenoxy) is 1. The van der Waals surface area contributed by atoms with E-state index in [1.807, 2.05) is 37.4 Å². The predicted octanol–water partition coefficient (Wildman–Crippen LogP) is 4.03. The third-order valence-corrected chi connectivity index (χ3v) is 5.60. The Morgan fingerprint density at radius 3 is 2.87 bits per heavy atom. The second-order valence-electron chi connectivity index (χ2n) is 7.56. The van der Waals surface area contributed by atoms with E-state index in [-0.39, 0.29) is 5.91 Å². The van der Waals surface area contributed by atoms with E-state index in [4.69, 9.17) is 9.72 Å². The number of nitrogens with one attached hydrogen (secondary N) is 1. The van der Waals surface area contributed by atoms with Gasteiger partial charge in [-0.1, -0.05) is 18.2 Å². The molecule has 1 aliphatic heterocycles. The van der Waals surface area contributed by atoms with E-state index in [9.17, 15) is 4.79 Å². The Morgan fingerprint density at radius 1 is 1.17 bits per heavy atom. The number of benzene rings is 2. The Balaban J connectivity index is 1.46. The van der Waals surface area contributed by atoms with Crippen molar-refractivity contribution in [1.29, 1.82) is 0 Å². The van der Waals surface area contributed by atoms with Crippen molar-refractivity contribution >= 4 is 22.5 Å². The van der Waals surface area contributed by atoms with Gasteiger partial charge in [0.05, 0.1) is 29.4 Å². The molecule has 1 N–H and O–H groups in total. The van der Waals surface area contributed by atoms with Crippen molar-refractivity contribution < 1.29 is 9.53 Å². The number of fused-ring (bicyclic) bond motifs is 2. The number of hydrogen-bond donors (Lipinski definition) is 1. The van der Waals surface area contributed by atoms with E-state index in [1.54, 1.807) is 23.9 Å². The van der Waals surface area contributed by atoms with Crippen molar-refractivity contribution in [1.82, 2.24) is 19.3 Å². The summed E-state index contributed by atoms with van der Waals surface area (Å²) in [6.07, 6.45) is 5.45. The van der Waals surface area contributed by atoms with Crippen molar-refractivity contribution in [2.45, 2.75) is 25.8 Å². The average Bonchev–Trinajstić information content (AvgIpc) is 3.33. The fourth-order valence-corrected chi connectivity index (χ4v) is 4.11. The van der Waals surface area contributed by atoms with Crippen LogP contribution in [0.2, 0.25) is 0 Å². The summed E-state index contributed by atoms with van der Waals surface area (Å²) in [6, 6.07) is 13.2. The van der Waals surface area contributed by atoms with E-state index in [0.29, 0.717) is 11.4 Å². The minimum Gasteiger partial charge on any atom is -0.481 e. The molecule has 0 saturated carbocycles. The van der Waals surface area contributed by atoms with Gasteiger partial charge in [-0.15, -0.1) is 0 Å². The number of carbonyl (C=O) groups is 1. The summed E-state index contributed by atoms with van der Waals surface area (Å²) < 4.78 is 9.28. The maximum Gasteiger partial charge on any atom is 0.255 e. The molecule has 7 heteroatoms. The van der Waals surface area contributed by atoms with Crippen LogP contribution in [0.3, 0.4) is 0 Å². The molecule has 2 aromatic carbocycles. The molecule has 1 aliphatic rings. The largest absolute Gasteiger partial charge is 0.481 e. The van der Waals surface area contributed by atoms with Crippen molar-refractivity contribution in [2.75, 3.05) is 12.4 Å². The van der Waals surface area contributed by atoms with Gasteiger partial charge in [-0.2, -0.15) is 5.10 Å². The molecule has 0 unspecified atom stereocenters. The molecular formula is C23H23N5O2. The van der Waals surface area contributed by atoms with Gasteiger partial charge in [-0.25, -0.2) is 9.67 Å². The molecule has 5 rings (SSSR count). The first-order valence-corrected chi connectivity index (χ1v) is 10.1. The Labute approximate surface area is 174 Å². The summed E-state index contributed by atoms with van der Waals surface area (Å²) in [4.78, 5) is 17.8. The Hall–Kier alpha value is -3.61. The van der Waals surface area contributed by atoms with Crippen LogP contribution in [0.5, 0.6) is 5.88 Å². The van der Waals surface area contributed by atoms with Gasteiger partial charge >= 0.3 is 0 Å². The van der Waals surface area contributed by atoms with Crippen molar-refractivity contribution in [3.05, 3.63) is 60.0 Å². The first kappa shape index (κ1) is 18.4. The molecule has 30 heavy (non-hydrogen) atoms. The van der Waals surface area contributed by atoms with Crippen LogP contribution in [-0.4, -0.2) is 32.3 Å². The van der Waals surface area contributed by atoms with Crippen LogP contribution in [-0.2, 0) is 20.0 Å². The second kappa shape index (κ2) is 7.33. The number of aryl methyl sites for hydroxylation is 3. The predicted molar refractivity (Wildman–Crippen MR) is 116 cm³/mol. The highest BCUT2D eigenvalue weighted by Crippen LogP contribution is 2.30. The molecule has 152 valence electrons. The quantitative estimate of drug-likeness (QED) is 0.560. The van der Waals surface area contributed by atoms with E-state index in [1.165, 1.54) is 12.8 Å². The lowest BCUT2D eigenvalue weighted by atomic mass is 10.1. The normalized spacial score (nSPS) is 13.3. The molecule has 0 aliphatic carbocycles. The molecule has 4 aromatic rings. The van der Waals surface area contributed by atoms with Crippen LogP contribution in [0, 0.1) is 0 Å². The summed E-state index contributed by atoms with van der Waals surface area (Å²) in [5.74, 6) is 1.61. The summed E-state index contributed by atoms with van der Waals surface area (Å²) in [5.41, 5.74) is 3.83. The molecule has 0 radical (unpaired) electrons. The fourth-order valence-electron chi connectivity index (χ4n) is 4.11. The molecule has 2 aromatic heterocycles. The van der Waals surface area contributed by atoms with Gasteiger partial charge in [-0.3, -0.25) is 4.79 Å². The van der Waals surface area contributed by atoms with Gasteiger partial charge in [0.1, 0.15) is 5.82 Å². The summed E-state index contributed by atoms with van der Waals surface area (Å²) in [5, 5.41) is 8.36. The molecule has 0 atom stereocenters. The maximum atomic E-state index is 13.0. The lowest BCUT2D eigenvalue weighted by molar-refractivity contribution is 0.102. The van der Waals surface area contributed by atoms with Crippen LogP contribution < -0.4 is 10.1 Å². The molecule has 0 saturated heterocycles. The highest BCUT2D eigenvalue weighted by Gasteiger charge is 2.17. The fraction of sp³-hybridized carbons (Fsp3) is 0.261. The van der Waals surface area contributed by atoms with Crippen LogP contribution in [0.1, 0.15) is 29.0 Å². The minimum atomic E-state index is -0.182. The van der Waals surface area contributed by atoms with Crippen LogP contribution in [0.25, 0.3) is 22.2 Å². The van der Waals surface area contributed by atoms with Gasteiger partial charge in [0.15, 0.2) is 0 Å². The molecule has 1 amide bonds. The first-order valence-electron chi connectivity index (χ1n) is 10.1. The number of methoxy groups -OCH3 is 1. The number of hydrogen-bond acceptors (Lipinski definition) is 4. The van der Waals surface area contributed by atoms with E-state index in [0.717, 1.165) is 46.6 Å². The van der Waals surface area contributed by atoms with Crippen LogP contribution in [0.4, 0.5) is 5.69 Å². The lowest BCUT2D eigenvalue weighted by Crippen LogP contribution is -2.12. The van der Waals surface area contributed by atoms with E-state index in [2.05, 4.69) is 21.2 Å². The number of carbonyl (C=O) groups excluding carboxylic acids is 1. The first-order chi connectivity index (χ1) is 14.6. The summed E-state index contributed by atoms with van der Waals surface area (Å²) in [6.45, 7) is 1.00. The molecule has 7 nitrogen and oxygen atoms in total. The Bertz CT molecular complexity index is 1230.